The van der Waals surface area contributed by atoms with Gasteiger partial charge in [0.15, 0.2) is 11.5 Å². The number of nitrogens with zero attached hydrogens (tertiary/aromatic N) is 3. The van der Waals surface area contributed by atoms with Gasteiger partial charge in [-0.25, -0.2) is 4.52 Å². The molecule has 0 saturated heterocycles. The van der Waals surface area contributed by atoms with E-state index in [-0.39, 0.29) is 5.41 Å². The Labute approximate surface area is 215 Å². The summed E-state index contributed by atoms with van der Waals surface area (Å²) in [5, 5.41) is 11.7. The molecule has 0 aliphatic heterocycles. The van der Waals surface area contributed by atoms with Crippen LogP contribution < -0.4 is 17.8 Å². The van der Waals surface area contributed by atoms with Gasteiger partial charge in [0, 0.05) is 23.2 Å². The Morgan fingerprint density at radius 1 is 0.944 bits per heavy atom. The number of rotatable bonds is 9. The molecule has 0 fully saturated rings. The second kappa shape index (κ2) is 10.4. The SMILES string of the molecule is Cc1cc(C)cc(OS(=O)Nc2cccc(OS(=O)NC(C)c3nnc4cc(C(C)(C)C)[nH]n34)c2)c1. The molecule has 0 saturated carbocycles. The van der Waals surface area contributed by atoms with E-state index in [2.05, 4.69) is 45.5 Å². The number of nitrogens with one attached hydrogen (secondary N) is 3. The van der Waals surface area contributed by atoms with Crippen molar-refractivity contribution in [2.75, 3.05) is 4.72 Å². The molecule has 12 heteroatoms. The van der Waals surface area contributed by atoms with Crippen LogP contribution in [0.4, 0.5) is 5.69 Å². The number of benzene rings is 2. The lowest BCUT2D eigenvalue weighted by Crippen LogP contribution is -2.26. The zero-order valence-corrected chi connectivity index (χ0v) is 22.6. The molecule has 0 spiro atoms. The van der Waals surface area contributed by atoms with E-state index in [1.807, 2.05) is 45.0 Å². The van der Waals surface area contributed by atoms with Gasteiger partial charge in [0.25, 0.3) is 11.3 Å². The minimum atomic E-state index is -1.88. The van der Waals surface area contributed by atoms with Gasteiger partial charge < -0.3 is 8.37 Å². The third-order valence-electron chi connectivity index (χ3n) is 5.26. The van der Waals surface area contributed by atoms with Gasteiger partial charge in [0.1, 0.15) is 11.5 Å². The normalized spacial score (nSPS) is 14.4. The molecule has 4 aromatic rings. The minimum Gasteiger partial charge on any atom is -0.389 e. The standard InChI is InChI=1S/C24H30N6O4S2/c1-15-10-16(2)12-20(11-15)34-36(32)29-18-8-7-9-19(13-18)33-35(31)28-17(3)23-26-25-22-14-21(24(4,5)6)27-30(22)23/h7-14,17,27-29H,1-6H3. The topological polar surface area (TPSA) is 123 Å². The summed E-state index contributed by atoms with van der Waals surface area (Å²) in [5.74, 6) is 1.40. The van der Waals surface area contributed by atoms with Crippen molar-refractivity contribution >= 4 is 33.9 Å². The molecule has 3 N–H and O–H groups in total. The van der Waals surface area contributed by atoms with E-state index in [0.717, 1.165) is 16.8 Å². The Balaban J connectivity index is 1.37. The molecule has 0 bridgehead atoms. The zero-order chi connectivity index (χ0) is 26.0. The molecule has 4 rings (SSSR count). The molecular formula is C24H30N6O4S2. The number of aromatic nitrogens is 4. The molecule has 2 aromatic heterocycles. The Bertz CT molecular complexity index is 1410. The van der Waals surface area contributed by atoms with Crippen molar-refractivity contribution in [3.05, 3.63) is 71.2 Å². The first kappa shape index (κ1) is 25.9. The zero-order valence-electron chi connectivity index (χ0n) is 21.0. The molecule has 3 atom stereocenters. The van der Waals surface area contributed by atoms with Crippen molar-refractivity contribution in [3.8, 4) is 11.5 Å². The van der Waals surface area contributed by atoms with E-state index in [1.54, 1.807) is 28.8 Å². The first-order valence-electron chi connectivity index (χ1n) is 11.3. The molecule has 0 amide bonds. The predicted molar refractivity (Wildman–Crippen MR) is 141 cm³/mol. The summed E-state index contributed by atoms with van der Waals surface area (Å²) in [6.45, 7) is 12.0. The molecule has 3 unspecified atom stereocenters. The van der Waals surface area contributed by atoms with Crippen LogP contribution in [0.25, 0.3) is 5.65 Å². The van der Waals surface area contributed by atoms with E-state index >= 15 is 0 Å². The number of H-pyrrole nitrogens is 1. The number of hydrogen-bond acceptors (Lipinski definition) is 6. The van der Waals surface area contributed by atoms with Crippen molar-refractivity contribution in [3.63, 3.8) is 0 Å². The van der Waals surface area contributed by atoms with Crippen molar-refractivity contribution in [1.29, 1.82) is 0 Å². The lowest BCUT2D eigenvalue weighted by molar-refractivity contribution is 0.524. The van der Waals surface area contributed by atoms with E-state index in [1.165, 1.54) is 0 Å². The lowest BCUT2D eigenvalue weighted by Gasteiger charge is -2.16. The summed E-state index contributed by atoms with van der Waals surface area (Å²) < 4.78 is 43.5. The van der Waals surface area contributed by atoms with Crippen LogP contribution in [0.2, 0.25) is 0 Å². The van der Waals surface area contributed by atoms with Gasteiger partial charge in [-0.15, -0.1) is 10.2 Å². The fourth-order valence-corrected chi connectivity index (χ4v) is 4.92. The summed E-state index contributed by atoms with van der Waals surface area (Å²) in [6.07, 6.45) is 0. The van der Waals surface area contributed by atoms with Gasteiger partial charge in [0.05, 0.1) is 11.7 Å². The van der Waals surface area contributed by atoms with Gasteiger partial charge >= 0.3 is 11.3 Å². The van der Waals surface area contributed by atoms with Crippen LogP contribution in [0.5, 0.6) is 11.5 Å². The highest BCUT2D eigenvalue weighted by Gasteiger charge is 2.22. The van der Waals surface area contributed by atoms with Crippen LogP contribution in [0.3, 0.4) is 0 Å². The first-order valence-corrected chi connectivity index (χ1v) is 13.5. The van der Waals surface area contributed by atoms with Crippen LogP contribution in [0, 0.1) is 13.8 Å². The first-order chi connectivity index (χ1) is 17.0. The summed E-state index contributed by atoms with van der Waals surface area (Å²) in [7, 11) is 0. The third-order valence-corrected chi connectivity index (χ3v) is 6.90. The van der Waals surface area contributed by atoms with E-state index in [0.29, 0.717) is 28.7 Å². The molecule has 192 valence electrons. The van der Waals surface area contributed by atoms with Gasteiger partial charge in [-0.3, -0.25) is 9.82 Å². The van der Waals surface area contributed by atoms with Gasteiger partial charge in [-0.1, -0.05) is 32.9 Å². The van der Waals surface area contributed by atoms with Gasteiger partial charge in [0.2, 0.25) is 0 Å². The molecule has 0 radical (unpaired) electrons. The highest BCUT2D eigenvalue weighted by atomic mass is 32.2. The Hall–Kier alpha value is -3.22. The molecule has 10 nitrogen and oxygen atoms in total. The van der Waals surface area contributed by atoms with E-state index in [9.17, 15) is 8.42 Å². The molecule has 2 heterocycles. The fraction of sp³-hybridized carbons (Fsp3) is 0.333. The van der Waals surface area contributed by atoms with Gasteiger partial charge in [-0.2, -0.15) is 13.1 Å². The number of anilines is 1. The largest absolute Gasteiger partial charge is 0.389 e. The van der Waals surface area contributed by atoms with E-state index < -0.39 is 28.6 Å². The number of aryl methyl sites for hydroxylation is 2. The highest BCUT2D eigenvalue weighted by molar-refractivity contribution is 7.82. The third kappa shape index (κ3) is 6.31. The van der Waals surface area contributed by atoms with Crippen LogP contribution in [0.1, 0.15) is 56.4 Å². The molecule has 36 heavy (non-hydrogen) atoms. The van der Waals surface area contributed by atoms with Crippen molar-refractivity contribution < 1.29 is 16.8 Å². The van der Waals surface area contributed by atoms with Crippen LogP contribution >= 0.6 is 0 Å². The number of hydrogen-bond donors (Lipinski definition) is 3. The quantitative estimate of drug-likeness (QED) is 0.296. The average Bonchev–Trinajstić information content (AvgIpc) is 3.33. The second-order valence-corrected chi connectivity index (χ2v) is 11.3. The van der Waals surface area contributed by atoms with Gasteiger partial charge in [-0.05, 0) is 56.2 Å². The highest BCUT2D eigenvalue weighted by Crippen LogP contribution is 2.24. The maximum atomic E-state index is 12.7. The molecule has 0 aliphatic carbocycles. The monoisotopic (exact) mass is 530 g/mol. The smallest absolute Gasteiger partial charge is 0.316 e. The molecule has 2 aromatic carbocycles. The Morgan fingerprint density at radius 3 is 2.33 bits per heavy atom. The Kier molecular flexibility index (Phi) is 7.48. The van der Waals surface area contributed by atoms with Crippen molar-refractivity contribution in [1.82, 2.24) is 24.5 Å². The number of fused-ring (bicyclic) bond motifs is 1. The van der Waals surface area contributed by atoms with E-state index in [4.69, 9.17) is 8.37 Å². The summed E-state index contributed by atoms with van der Waals surface area (Å²) in [5.41, 5.74) is 4.14. The molecular weight excluding hydrogens is 500 g/mol. The fourth-order valence-electron chi connectivity index (χ4n) is 3.57. The maximum Gasteiger partial charge on any atom is 0.316 e. The van der Waals surface area contributed by atoms with Crippen LogP contribution in [-0.4, -0.2) is 28.2 Å². The minimum absolute atomic E-state index is 0.0761. The van der Waals surface area contributed by atoms with Crippen LogP contribution in [-0.2, 0) is 27.9 Å². The second-order valence-electron chi connectivity index (χ2n) is 9.60. The Morgan fingerprint density at radius 2 is 1.64 bits per heavy atom. The average molecular weight is 531 g/mol. The number of aromatic amines is 1. The van der Waals surface area contributed by atoms with Crippen LogP contribution in [0.15, 0.2) is 48.5 Å². The summed E-state index contributed by atoms with van der Waals surface area (Å²) >= 11 is -3.70. The lowest BCUT2D eigenvalue weighted by atomic mass is 9.93. The predicted octanol–water partition coefficient (Wildman–Crippen LogP) is 4.35. The molecule has 0 aliphatic rings. The van der Waals surface area contributed by atoms with Crippen molar-refractivity contribution in [2.24, 2.45) is 0 Å². The van der Waals surface area contributed by atoms with Crippen molar-refractivity contribution in [2.45, 2.75) is 53.0 Å². The summed E-state index contributed by atoms with van der Waals surface area (Å²) in [6, 6.07) is 13.8. The maximum absolute atomic E-state index is 12.7. The summed E-state index contributed by atoms with van der Waals surface area (Å²) in [4.78, 5) is 0.